The van der Waals surface area contributed by atoms with Gasteiger partial charge in [-0.25, -0.2) is 5.10 Å². The number of H-pyrrole nitrogens is 1. The van der Waals surface area contributed by atoms with Crippen LogP contribution in [0.15, 0.2) is 53.6 Å². The van der Waals surface area contributed by atoms with Gasteiger partial charge in [-0.1, -0.05) is 24.3 Å². The van der Waals surface area contributed by atoms with Gasteiger partial charge in [-0.05, 0) is 12.1 Å². The first-order valence-electron chi connectivity index (χ1n) is 8.02. The summed E-state index contributed by atoms with van der Waals surface area (Å²) in [6, 6.07) is 10.8. The second kappa shape index (κ2) is 6.45. The van der Waals surface area contributed by atoms with Crippen molar-refractivity contribution < 1.29 is 9.53 Å². The van der Waals surface area contributed by atoms with Gasteiger partial charge in [0.1, 0.15) is 6.10 Å². The summed E-state index contributed by atoms with van der Waals surface area (Å²) in [6.45, 7) is 1.33. The average Bonchev–Trinajstić information content (AvgIpc) is 2.69. The number of nitrogens with one attached hydrogen (secondary N) is 1. The molecular formula is C18H16N4O3. The largest absolute Gasteiger partial charge is 0.370 e. The monoisotopic (exact) mass is 336 g/mol. The number of carbonyl (C=O) groups is 1. The van der Waals surface area contributed by atoms with Gasteiger partial charge in [0, 0.05) is 29.9 Å². The number of fused-ring (bicyclic) bond motifs is 1. The average molecular weight is 336 g/mol. The van der Waals surface area contributed by atoms with Gasteiger partial charge in [-0.3, -0.25) is 14.6 Å². The Hall–Kier alpha value is -3.06. The van der Waals surface area contributed by atoms with Crippen molar-refractivity contribution in [1.29, 1.82) is 0 Å². The predicted octanol–water partition coefficient (Wildman–Crippen LogP) is 1.53. The van der Waals surface area contributed by atoms with Gasteiger partial charge in [0.2, 0.25) is 0 Å². The predicted molar refractivity (Wildman–Crippen MR) is 91.2 cm³/mol. The van der Waals surface area contributed by atoms with Crippen molar-refractivity contribution in [2.75, 3.05) is 19.7 Å². The van der Waals surface area contributed by atoms with E-state index in [0.29, 0.717) is 30.5 Å². The molecule has 1 amide bonds. The number of ether oxygens (including phenoxy) is 1. The second-order valence-electron chi connectivity index (χ2n) is 5.84. The van der Waals surface area contributed by atoms with Crippen molar-refractivity contribution in [2.45, 2.75) is 6.10 Å². The Morgan fingerprint density at radius 2 is 2.04 bits per heavy atom. The van der Waals surface area contributed by atoms with Gasteiger partial charge in [0.05, 0.1) is 18.5 Å². The van der Waals surface area contributed by atoms with Crippen LogP contribution in [-0.2, 0) is 4.74 Å². The number of amides is 1. The zero-order valence-corrected chi connectivity index (χ0v) is 13.4. The maximum absolute atomic E-state index is 13.0. The molecule has 1 aromatic carbocycles. The molecule has 1 fully saturated rings. The number of rotatable bonds is 2. The number of hydrogen-bond donors (Lipinski definition) is 1. The van der Waals surface area contributed by atoms with E-state index in [2.05, 4.69) is 15.2 Å². The summed E-state index contributed by atoms with van der Waals surface area (Å²) in [5.41, 5.74) is 0.878. The van der Waals surface area contributed by atoms with Crippen LogP contribution in [-0.4, -0.2) is 45.7 Å². The lowest BCUT2D eigenvalue weighted by molar-refractivity contribution is -0.0231. The molecule has 1 aliphatic rings. The Kier molecular flexibility index (Phi) is 3.99. The second-order valence-corrected chi connectivity index (χ2v) is 5.84. The third-order valence-electron chi connectivity index (χ3n) is 4.31. The highest BCUT2D eigenvalue weighted by Gasteiger charge is 2.28. The molecule has 1 N–H and O–H groups in total. The van der Waals surface area contributed by atoms with E-state index in [0.717, 1.165) is 5.56 Å². The first-order chi connectivity index (χ1) is 12.2. The van der Waals surface area contributed by atoms with Gasteiger partial charge in [-0.2, -0.15) is 5.10 Å². The Bertz CT molecular complexity index is 971. The molecule has 1 aliphatic heterocycles. The van der Waals surface area contributed by atoms with Crippen LogP contribution < -0.4 is 5.56 Å². The van der Waals surface area contributed by atoms with Crippen molar-refractivity contribution in [2.24, 2.45) is 0 Å². The molecular weight excluding hydrogens is 320 g/mol. The van der Waals surface area contributed by atoms with Crippen molar-refractivity contribution in [3.63, 3.8) is 0 Å². The van der Waals surface area contributed by atoms with E-state index in [1.54, 1.807) is 41.6 Å². The lowest BCUT2D eigenvalue weighted by Gasteiger charge is -2.33. The summed E-state index contributed by atoms with van der Waals surface area (Å²) < 4.78 is 5.77. The lowest BCUT2D eigenvalue weighted by atomic mass is 10.1. The Labute approximate surface area is 143 Å². The van der Waals surface area contributed by atoms with E-state index in [4.69, 9.17) is 4.74 Å². The van der Waals surface area contributed by atoms with E-state index in [1.807, 2.05) is 12.1 Å². The number of benzene rings is 1. The summed E-state index contributed by atoms with van der Waals surface area (Å²) in [5, 5.41) is 7.42. The number of hydrogen-bond acceptors (Lipinski definition) is 5. The molecule has 25 heavy (non-hydrogen) atoms. The zero-order valence-electron chi connectivity index (χ0n) is 13.4. The molecule has 7 nitrogen and oxygen atoms in total. The van der Waals surface area contributed by atoms with Crippen LogP contribution in [0.5, 0.6) is 0 Å². The highest BCUT2D eigenvalue weighted by molar-refractivity contribution is 6.04. The maximum atomic E-state index is 13.0. The summed E-state index contributed by atoms with van der Waals surface area (Å²) in [4.78, 5) is 30.7. The number of carbonyl (C=O) groups excluding carboxylic acids is 1. The minimum Gasteiger partial charge on any atom is -0.370 e. The summed E-state index contributed by atoms with van der Waals surface area (Å²) in [6.07, 6.45) is 3.22. The van der Waals surface area contributed by atoms with Crippen LogP contribution in [0.1, 0.15) is 22.2 Å². The lowest BCUT2D eigenvalue weighted by Crippen LogP contribution is -2.42. The molecule has 3 aromatic rings. The number of aromatic amines is 1. The van der Waals surface area contributed by atoms with E-state index in [1.165, 1.54) is 0 Å². The standard InChI is InChI=1S/C18H16N4O3/c23-17-14-6-2-1-5-13(14)16(20-21-17)18(24)22-8-9-25-15(11-22)12-4-3-7-19-10-12/h1-7,10,15H,8-9,11H2,(H,21,23). The number of morpholine rings is 1. The van der Waals surface area contributed by atoms with Crippen LogP contribution in [0.4, 0.5) is 0 Å². The molecule has 4 rings (SSSR count). The van der Waals surface area contributed by atoms with Crippen LogP contribution >= 0.6 is 0 Å². The SMILES string of the molecule is O=C(c1n[nH]c(=O)c2ccccc12)N1CCOC(c2cccnc2)C1. The highest BCUT2D eigenvalue weighted by atomic mass is 16.5. The molecule has 0 radical (unpaired) electrons. The zero-order chi connectivity index (χ0) is 17.2. The molecule has 2 aromatic heterocycles. The molecule has 1 atom stereocenters. The third kappa shape index (κ3) is 2.89. The molecule has 0 saturated carbocycles. The third-order valence-corrected chi connectivity index (χ3v) is 4.31. The molecule has 0 spiro atoms. The topological polar surface area (TPSA) is 88.2 Å². The highest BCUT2D eigenvalue weighted by Crippen LogP contribution is 2.23. The minimum absolute atomic E-state index is 0.218. The van der Waals surface area contributed by atoms with Gasteiger partial charge in [-0.15, -0.1) is 0 Å². The molecule has 0 aliphatic carbocycles. The Morgan fingerprint density at radius 1 is 1.20 bits per heavy atom. The Morgan fingerprint density at radius 3 is 2.84 bits per heavy atom. The van der Waals surface area contributed by atoms with E-state index < -0.39 is 0 Å². The van der Waals surface area contributed by atoms with Gasteiger partial charge in [0.25, 0.3) is 11.5 Å². The fraction of sp³-hybridized carbons (Fsp3) is 0.222. The number of nitrogens with zero attached hydrogens (tertiary/aromatic N) is 3. The van der Waals surface area contributed by atoms with E-state index in [-0.39, 0.29) is 23.3 Å². The van der Waals surface area contributed by atoms with Crippen LogP contribution in [0.3, 0.4) is 0 Å². The molecule has 1 saturated heterocycles. The summed E-state index contributed by atoms with van der Waals surface area (Å²) in [7, 11) is 0. The van der Waals surface area contributed by atoms with Gasteiger partial charge in [0.15, 0.2) is 5.69 Å². The normalized spacial score (nSPS) is 17.6. The first-order valence-corrected chi connectivity index (χ1v) is 8.02. The Balaban J connectivity index is 1.65. The maximum Gasteiger partial charge on any atom is 0.275 e. The van der Waals surface area contributed by atoms with Gasteiger partial charge < -0.3 is 9.64 Å². The van der Waals surface area contributed by atoms with Crippen LogP contribution in [0.2, 0.25) is 0 Å². The van der Waals surface area contributed by atoms with Crippen molar-refractivity contribution >= 4 is 16.7 Å². The van der Waals surface area contributed by atoms with Crippen molar-refractivity contribution in [3.05, 3.63) is 70.4 Å². The molecule has 7 heteroatoms. The van der Waals surface area contributed by atoms with Crippen molar-refractivity contribution in [1.82, 2.24) is 20.1 Å². The molecule has 126 valence electrons. The minimum atomic E-state index is -0.303. The van der Waals surface area contributed by atoms with E-state index >= 15 is 0 Å². The van der Waals surface area contributed by atoms with Crippen LogP contribution in [0, 0.1) is 0 Å². The smallest absolute Gasteiger partial charge is 0.275 e. The number of aromatic nitrogens is 3. The molecule has 1 unspecified atom stereocenters. The number of pyridine rings is 1. The first kappa shape index (κ1) is 15.5. The van der Waals surface area contributed by atoms with Crippen molar-refractivity contribution in [3.8, 4) is 0 Å². The quantitative estimate of drug-likeness (QED) is 0.767. The summed E-state index contributed by atoms with van der Waals surface area (Å²) in [5.74, 6) is -0.218. The molecule has 3 heterocycles. The summed E-state index contributed by atoms with van der Waals surface area (Å²) >= 11 is 0. The van der Waals surface area contributed by atoms with E-state index in [9.17, 15) is 9.59 Å². The fourth-order valence-electron chi connectivity index (χ4n) is 3.03. The fourth-order valence-corrected chi connectivity index (χ4v) is 3.03. The van der Waals surface area contributed by atoms with Gasteiger partial charge >= 0.3 is 0 Å². The molecule has 0 bridgehead atoms. The van der Waals surface area contributed by atoms with Crippen LogP contribution in [0.25, 0.3) is 10.8 Å².